The highest BCUT2D eigenvalue weighted by Gasteiger charge is 2.22. The molecule has 3 aromatic rings. The number of carbonyl (C=O) groups is 1. The van der Waals surface area contributed by atoms with Crippen LogP contribution in [-0.2, 0) is 21.4 Å². The fraction of sp³-hybridized carbons (Fsp3) is 0.150. The molecule has 146 valence electrons. The van der Waals surface area contributed by atoms with Gasteiger partial charge in [-0.05, 0) is 36.4 Å². The Bertz CT molecular complexity index is 1060. The summed E-state index contributed by atoms with van der Waals surface area (Å²) in [6.07, 6.45) is 0. The van der Waals surface area contributed by atoms with Crippen LogP contribution in [0.1, 0.15) is 16.1 Å². The number of nitrogens with zero attached hydrogens (tertiary/aromatic N) is 1. The highest BCUT2D eigenvalue weighted by atomic mass is 32.2. The molecular weight excluding hydrogens is 382 g/mol. The quantitative estimate of drug-likeness (QED) is 0.562. The van der Waals surface area contributed by atoms with Gasteiger partial charge in [0.2, 0.25) is 5.09 Å². The molecule has 0 aliphatic carbocycles. The van der Waals surface area contributed by atoms with E-state index in [1.807, 2.05) is 18.2 Å². The van der Waals surface area contributed by atoms with Gasteiger partial charge < -0.3 is 13.9 Å². The van der Waals surface area contributed by atoms with Crippen molar-refractivity contribution in [1.29, 1.82) is 0 Å². The molecule has 0 spiro atoms. The smallest absolute Gasteiger partial charge is 0.342 e. The van der Waals surface area contributed by atoms with E-state index in [1.54, 1.807) is 36.4 Å². The molecule has 3 rings (SSSR count). The van der Waals surface area contributed by atoms with Crippen LogP contribution in [0.4, 0.5) is 0 Å². The molecule has 0 radical (unpaired) electrons. The van der Waals surface area contributed by atoms with E-state index in [2.05, 4.69) is 0 Å². The maximum Gasteiger partial charge on any atom is 0.342 e. The third-order valence-electron chi connectivity index (χ3n) is 3.80. The number of ether oxygens (including phenoxy) is 2. The average Bonchev–Trinajstić information content (AvgIpc) is 3.17. The number of benzene rings is 2. The molecule has 0 aliphatic rings. The molecule has 28 heavy (non-hydrogen) atoms. The molecule has 0 bridgehead atoms. The first-order valence-corrected chi connectivity index (χ1v) is 9.82. The summed E-state index contributed by atoms with van der Waals surface area (Å²) in [7, 11) is -0.874. The van der Waals surface area contributed by atoms with Crippen LogP contribution in [0.15, 0.2) is 76.2 Å². The van der Waals surface area contributed by atoms with Crippen molar-refractivity contribution in [2.24, 2.45) is 0 Å². The first-order valence-electron chi connectivity index (χ1n) is 8.38. The van der Waals surface area contributed by atoms with E-state index in [1.165, 1.54) is 26.2 Å². The van der Waals surface area contributed by atoms with Crippen LogP contribution in [0.2, 0.25) is 0 Å². The lowest BCUT2D eigenvalue weighted by Crippen LogP contribution is -2.21. The SMILES string of the molecule is CN(C)S(=O)(=O)c1ccc(COC(=O)c2ccccc2Oc2ccccc2)o1. The Hall–Kier alpha value is -3.10. The van der Waals surface area contributed by atoms with E-state index >= 15 is 0 Å². The predicted molar refractivity (Wildman–Crippen MR) is 102 cm³/mol. The number of furan rings is 1. The monoisotopic (exact) mass is 401 g/mol. The van der Waals surface area contributed by atoms with E-state index in [4.69, 9.17) is 13.9 Å². The molecular formula is C20H19NO6S. The minimum atomic E-state index is -3.68. The van der Waals surface area contributed by atoms with Gasteiger partial charge in [0.25, 0.3) is 10.0 Å². The fourth-order valence-corrected chi connectivity index (χ4v) is 3.12. The summed E-state index contributed by atoms with van der Waals surface area (Å²) in [5.41, 5.74) is 0.249. The summed E-state index contributed by atoms with van der Waals surface area (Å²) in [6.45, 7) is -0.207. The summed E-state index contributed by atoms with van der Waals surface area (Å²) in [5, 5.41) is -0.212. The lowest BCUT2D eigenvalue weighted by atomic mass is 10.2. The Morgan fingerprint density at radius 3 is 2.36 bits per heavy atom. The van der Waals surface area contributed by atoms with Gasteiger partial charge >= 0.3 is 5.97 Å². The zero-order chi connectivity index (χ0) is 20.1. The third-order valence-corrected chi connectivity index (χ3v) is 5.48. The van der Waals surface area contributed by atoms with Crippen LogP contribution in [0.3, 0.4) is 0 Å². The minimum absolute atomic E-state index is 0.207. The van der Waals surface area contributed by atoms with Crippen molar-refractivity contribution >= 4 is 16.0 Å². The van der Waals surface area contributed by atoms with Crippen LogP contribution in [0, 0.1) is 0 Å². The Balaban J connectivity index is 1.70. The van der Waals surface area contributed by atoms with Gasteiger partial charge in [0.15, 0.2) is 0 Å². The summed E-state index contributed by atoms with van der Waals surface area (Å²) < 4.78 is 41.4. The Morgan fingerprint density at radius 2 is 1.64 bits per heavy atom. The van der Waals surface area contributed by atoms with Crippen molar-refractivity contribution in [3.05, 3.63) is 78.1 Å². The van der Waals surface area contributed by atoms with Crippen molar-refractivity contribution in [3.8, 4) is 11.5 Å². The second-order valence-electron chi connectivity index (χ2n) is 6.00. The van der Waals surface area contributed by atoms with Crippen LogP contribution >= 0.6 is 0 Å². The number of esters is 1. The number of para-hydroxylation sites is 2. The van der Waals surface area contributed by atoms with Crippen molar-refractivity contribution in [2.45, 2.75) is 11.7 Å². The molecule has 0 aliphatic heterocycles. The van der Waals surface area contributed by atoms with E-state index in [0.717, 1.165) is 4.31 Å². The third kappa shape index (κ3) is 4.41. The number of hydrogen-bond acceptors (Lipinski definition) is 6. The Morgan fingerprint density at radius 1 is 0.964 bits per heavy atom. The second-order valence-corrected chi connectivity index (χ2v) is 8.08. The summed E-state index contributed by atoms with van der Waals surface area (Å²) in [6, 6.07) is 18.5. The predicted octanol–water partition coefficient (Wildman–Crippen LogP) is 3.68. The number of hydrogen-bond donors (Lipinski definition) is 0. The highest BCUT2D eigenvalue weighted by molar-refractivity contribution is 7.88. The normalized spacial score (nSPS) is 11.4. The van der Waals surface area contributed by atoms with Crippen molar-refractivity contribution in [1.82, 2.24) is 4.31 Å². The van der Waals surface area contributed by atoms with E-state index in [9.17, 15) is 13.2 Å². The summed E-state index contributed by atoms with van der Waals surface area (Å²) in [4.78, 5) is 12.5. The van der Waals surface area contributed by atoms with Gasteiger partial charge in [0.1, 0.15) is 29.4 Å². The molecule has 0 unspecified atom stereocenters. The summed E-state index contributed by atoms with van der Waals surface area (Å²) in [5.74, 6) is 0.552. The van der Waals surface area contributed by atoms with Gasteiger partial charge in [-0.3, -0.25) is 0 Å². The molecule has 1 aromatic heterocycles. The number of sulfonamides is 1. The summed E-state index contributed by atoms with van der Waals surface area (Å²) >= 11 is 0. The van der Waals surface area contributed by atoms with E-state index in [-0.39, 0.29) is 23.0 Å². The molecule has 0 N–H and O–H groups in total. The molecule has 0 saturated carbocycles. The molecule has 0 saturated heterocycles. The lowest BCUT2D eigenvalue weighted by Gasteiger charge is -2.10. The molecule has 0 amide bonds. The minimum Gasteiger partial charge on any atom is -0.456 e. The average molecular weight is 401 g/mol. The van der Waals surface area contributed by atoms with E-state index < -0.39 is 16.0 Å². The first kappa shape index (κ1) is 19.7. The van der Waals surface area contributed by atoms with Crippen molar-refractivity contribution in [2.75, 3.05) is 14.1 Å². The van der Waals surface area contributed by atoms with Crippen LogP contribution in [0.5, 0.6) is 11.5 Å². The van der Waals surface area contributed by atoms with Crippen LogP contribution in [0.25, 0.3) is 0 Å². The number of carbonyl (C=O) groups excluding carboxylic acids is 1. The first-order chi connectivity index (χ1) is 13.4. The van der Waals surface area contributed by atoms with Gasteiger partial charge in [-0.2, -0.15) is 0 Å². The zero-order valence-electron chi connectivity index (χ0n) is 15.4. The van der Waals surface area contributed by atoms with Gasteiger partial charge in [0, 0.05) is 14.1 Å². The zero-order valence-corrected chi connectivity index (χ0v) is 16.2. The molecule has 1 heterocycles. The Labute approximate surface area is 163 Å². The maximum atomic E-state index is 12.5. The standard InChI is InChI=1S/C20H19NO6S/c1-21(2)28(23,24)19-13-12-16(27-19)14-25-20(22)17-10-6-7-11-18(17)26-15-8-4-3-5-9-15/h3-13H,14H2,1-2H3. The van der Waals surface area contributed by atoms with Gasteiger partial charge in [0.05, 0.1) is 0 Å². The molecule has 2 aromatic carbocycles. The largest absolute Gasteiger partial charge is 0.456 e. The highest BCUT2D eigenvalue weighted by Crippen LogP contribution is 2.26. The van der Waals surface area contributed by atoms with Crippen molar-refractivity contribution < 1.29 is 27.1 Å². The van der Waals surface area contributed by atoms with E-state index in [0.29, 0.717) is 11.5 Å². The Kier molecular flexibility index (Phi) is 5.81. The van der Waals surface area contributed by atoms with Crippen molar-refractivity contribution in [3.63, 3.8) is 0 Å². The second kappa shape index (κ2) is 8.28. The van der Waals surface area contributed by atoms with Crippen LogP contribution < -0.4 is 4.74 Å². The van der Waals surface area contributed by atoms with Gasteiger partial charge in [-0.25, -0.2) is 17.5 Å². The number of rotatable bonds is 7. The molecule has 8 heteroatoms. The molecule has 0 fully saturated rings. The maximum absolute atomic E-state index is 12.5. The van der Waals surface area contributed by atoms with Crippen LogP contribution in [-0.4, -0.2) is 32.8 Å². The topological polar surface area (TPSA) is 86.0 Å². The van der Waals surface area contributed by atoms with Gasteiger partial charge in [-0.1, -0.05) is 30.3 Å². The molecule has 7 nitrogen and oxygen atoms in total. The molecule has 0 atom stereocenters. The fourth-order valence-electron chi connectivity index (χ4n) is 2.31. The van der Waals surface area contributed by atoms with Gasteiger partial charge in [-0.15, -0.1) is 0 Å². The lowest BCUT2D eigenvalue weighted by molar-refractivity contribution is 0.0438.